The van der Waals surface area contributed by atoms with E-state index in [-0.39, 0.29) is 0 Å². The van der Waals surface area contributed by atoms with Gasteiger partial charge in [0.15, 0.2) is 0 Å². The van der Waals surface area contributed by atoms with Crippen LogP contribution in [0.4, 0.5) is 0 Å². The third kappa shape index (κ3) is 3.27. The van der Waals surface area contributed by atoms with Crippen LogP contribution in [0.15, 0.2) is 0 Å². The smallest absolute Gasteiger partial charge is 0.0944 e. The molecule has 0 amide bonds. The normalized spacial score (nSPS) is 15.8. The Balaban J connectivity index is 1.96. The molecule has 17 heavy (non-hydrogen) atoms. The summed E-state index contributed by atoms with van der Waals surface area (Å²) in [6.45, 7) is 8.46. The Morgan fingerprint density at radius 1 is 1.35 bits per heavy atom. The van der Waals surface area contributed by atoms with Crippen LogP contribution < -0.4 is 5.73 Å². The number of nitrogens with zero attached hydrogens (tertiary/aromatic N) is 2. The second kappa shape index (κ2) is 5.94. The average molecular weight is 253 g/mol. The summed E-state index contributed by atoms with van der Waals surface area (Å²) in [5.41, 5.74) is 7.11. The summed E-state index contributed by atoms with van der Waals surface area (Å²) in [5, 5.41) is 1.28. The molecule has 0 spiro atoms. The van der Waals surface area contributed by atoms with Crippen molar-refractivity contribution in [2.45, 2.75) is 45.6 Å². The van der Waals surface area contributed by atoms with Gasteiger partial charge in [-0.1, -0.05) is 13.8 Å². The highest BCUT2D eigenvalue weighted by Crippen LogP contribution is 2.42. The van der Waals surface area contributed by atoms with E-state index in [2.05, 4.69) is 18.7 Å². The minimum atomic E-state index is 0.661. The molecule has 4 heteroatoms. The van der Waals surface area contributed by atoms with Crippen LogP contribution in [0.5, 0.6) is 0 Å². The third-order valence-electron chi connectivity index (χ3n) is 3.46. The van der Waals surface area contributed by atoms with Gasteiger partial charge in [0.1, 0.15) is 0 Å². The Morgan fingerprint density at radius 2 is 2.06 bits per heavy atom. The highest BCUT2D eigenvalue weighted by Gasteiger charge is 2.29. The van der Waals surface area contributed by atoms with E-state index in [9.17, 15) is 0 Å². The van der Waals surface area contributed by atoms with Crippen LogP contribution in [0.1, 0.15) is 48.2 Å². The van der Waals surface area contributed by atoms with Crippen molar-refractivity contribution in [1.29, 1.82) is 0 Å². The first kappa shape index (κ1) is 13.0. The molecule has 0 radical (unpaired) electrons. The molecule has 0 saturated heterocycles. The van der Waals surface area contributed by atoms with Crippen LogP contribution in [0, 0.1) is 0 Å². The summed E-state index contributed by atoms with van der Waals surface area (Å²) in [6.07, 6.45) is 3.70. The molecule has 0 atom stereocenters. The van der Waals surface area contributed by atoms with Crippen molar-refractivity contribution in [3.63, 3.8) is 0 Å². The van der Waals surface area contributed by atoms with E-state index in [0.717, 1.165) is 32.0 Å². The lowest BCUT2D eigenvalue weighted by molar-refractivity contribution is 0.308. The van der Waals surface area contributed by atoms with E-state index in [1.54, 1.807) is 0 Å². The molecule has 1 heterocycles. The summed E-state index contributed by atoms with van der Waals surface area (Å²) in [6, 6.07) is 0. The molecule has 1 aromatic rings. The van der Waals surface area contributed by atoms with Crippen molar-refractivity contribution in [1.82, 2.24) is 9.88 Å². The van der Waals surface area contributed by atoms with Crippen molar-refractivity contribution >= 4 is 11.3 Å². The van der Waals surface area contributed by atoms with Crippen molar-refractivity contribution in [3.8, 4) is 0 Å². The number of aromatic nitrogens is 1. The van der Waals surface area contributed by atoms with E-state index in [0.29, 0.717) is 6.54 Å². The minimum absolute atomic E-state index is 0.661. The number of nitrogens with two attached hydrogens (primary N) is 1. The molecule has 2 N–H and O–H groups in total. The summed E-state index contributed by atoms with van der Waals surface area (Å²) < 4.78 is 0. The molecule has 3 nitrogen and oxygen atoms in total. The van der Waals surface area contributed by atoms with Crippen molar-refractivity contribution < 1.29 is 0 Å². The van der Waals surface area contributed by atoms with Crippen molar-refractivity contribution in [3.05, 3.63) is 15.6 Å². The van der Waals surface area contributed by atoms with Crippen LogP contribution in [0.3, 0.4) is 0 Å². The lowest BCUT2D eigenvalue weighted by Crippen LogP contribution is -2.25. The molecule has 96 valence electrons. The first-order chi connectivity index (χ1) is 8.28. The fraction of sp³-hybridized carbons (Fsp3) is 0.769. The molecular formula is C13H23N3S. The maximum absolute atomic E-state index is 5.80. The zero-order chi connectivity index (χ0) is 12.3. The fourth-order valence-corrected chi connectivity index (χ4v) is 3.16. The zero-order valence-electron chi connectivity index (χ0n) is 10.9. The van der Waals surface area contributed by atoms with Gasteiger partial charge in [0.2, 0.25) is 0 Å². The SMILES string of the molecule is CCN(CC)CCc1nc(C2CC2)c(CN)s1. The van der Waals surface area contributed by atoms with Crippen LogP contribution in [0.2, 0.25) is 0 Å². The lowest BCUT2D eigenvalue weighted by atomic mass is 10.2. The second-order valence-electron chi connectivity index (χ2n) is 4.67. The number of rotatable bonds is 7. The number of thiazole rings is 1. The molecule has 1 aliphatic rings. The van der Waals surface area contributed by atoms with Gasteiger partial charge >= 0.3 is 0 Å². The maximum atomic E-state index is 5.80. The average Bonchev–Trinajstić information content (AvgIpc) is 3.11. The Bertz CT molecular complexity index is 354. The van der Waals surface area contributed by atoms with Gasteiger partial charge in [-0.2, -0.15) is 0 Å². The van der Waals surface area contributed by atoms with E-state index in [1.165, 1.54) is 28.4 Å². The first-order valence-corrected chi connectivity index (χ1v) is 7.51. The monoisotopic (exact) mass is 253 g/mol. The van der Waals surface area contributed by atoms with Gasteiger partial charge in [-0.25, -0.2) is 4.98 Å². The van der Waals surface area contributed by atoms with Gasteiger partial charge < -0.3 is 10.6 Å². The molecule has 1 saturated carbocycles. The Labute approximate surface area is 108 Å². The van der Waals surface area contributed by atoms with E-state index >= 15 is 0 Å². The van der Waals surface area contributed by atoms with Crippen molar-refractivity contribution in [2.24, 2.45) is 5.73 Å². The quantitative estimate of drug-likeness (QED) is 0.811. The number of likely N-dealkylation sites (N-methyl/N-ethyl adjacent to an activating group) is 1. The summed E-state index contributed by atoms with van der Waals surface area (Å²) in [7, 11) is 0. The molecule has 0 aliphatic heterocycles. The second-order valence-corrected chi connectivity index (χ2v) is 5.84. The van der Waals surface area contributed by atoms with Gasteiger partial charge in [0, 0.05) is 30.3 Å². The standard InChI is InChI=1S/C13H23N3S/c1-3-16(4-2)8-7-12-15-13(10-5-6-10)11(9-14)17-12/h10H,3-9,14H2,1-2H3. The van der Waals surface area contributed by atoms with Crippen LogP contribution in [-0.4, -0.2) is 29.5 Å². The highest BCUT2D eigenvalue weighted by molar-refractivity contribution is 7.11. The Hall–Kier alpha value is -0.450. The Morgan fingerprint density at radius 3 is 2.59 bits per heavy atom. The maximum Gasteiger partial charge on any atom is 0.0944 e. The predicted molar refractivity (Wildman–Crippen MR) is 73.5 cm³/mol. The van der Waals surface area contributed by atoms with E-state index in [1.807, 2.05) is 11.3 Å². The molecule has 0 unspecified atom stereocenters. The topological polar surface area (TPSA) is 42.2 Å². The lowest BCUT2D eigenvalue weighted by Gasteiger charge is -2.16. The molecule has 0 bridgehead atoms. The summed E-state index contributed by atoms with van der Waals surface area (Å²) in [4.78, 5) is 8.56. The first-order valence-electron chi connectivity index (χ1n) is 6.69. The fourth-order valence-electron chi connectivity index (χ4n) is 2.14. The summed E-state index contributed by atoms with van der Waals surface area (Å²) >= 11 is 1.83. The van der Waals surface area contributed by atoms with Gasteiger partial charge in [0.05, 0.1) is 10.7 Å². The largest absolute Gasteiger partial charge is 0.326 e. The van der Waals surface area contributed by atoms with Gasteiger partial charge in [0.25, 0.3) is 0 Å². The Kier molecular flexibility index (Phi) is 4.54. The molecule has 1 aromatic heterocycles. The zero-order valence-corrected chi connectivity index (χ0v) is 11.7. The van der Waals surface area contributed by atoms with Gasteiger partial charge in [-0.3, -0.25) is 0 Å². The summed E-state index contributed by atoms with van der Waals surface area (Å²) in [5.74, 6) is 0.729. The number of hydrogen-bond donors (Lipinski definition) is 1. The molecule has 0 aromatic carbocycles. The molecule has 2 rings (SSSR count). The highest BCUT2D eigenvalue weighted by atomic mass is 32.1. The van der Waals surface area contributed by atoms with Crippen LogP contribution in [-0.2, 0) is 13.0 Å². The van der Waals surface area contributed by atoms with Crippen LogP contribution >= 0.6 is 11.3 Å². The molecular weight excluding hydrogens is 230 g/mol. The van der Waals surface area contributed by atoms with Gasteiger partial charge in [-0.05, 0) is 25.9 Å². The predicted octanol–water partition coefficient (Wildman–Crippen LogP) is 2.36. The minimum Gasteiger partial charge on any atom is -0.326 e. The molecule has 1 aliphatic carbocycles. The molecule has 1 fully saturated rings. The van der Waals surface area contributed by atoms with Gasteiger partial charge in [-0.15, -0.1) is 11.3 Å². The van der Waals surface area contributed by atoms with E-state index < -0.39 is 0 Å². The number of hydrogen-bond acceptors (Lipinski definition) is 4. The third-order valence-corrected chi connectivity index (χ3v) is 4.61. The van der Waals surface area contributed by atoms with E-state index in [4.69, 9.17) is 10.7 Å². The van der Waals surface area contributed by atoms with Crippen LogP contribution in [0.25, 0.3) is 0 Å². The van der Waals surface area contributed by atoms with Crippen molar-refractivity contribution in [2.75, 3.05) is 19.6 Å².